The molecule has 1 aliphatic rings. The first-order chi connectivity index (χ1) is 16.9. The second kappa shape index (κ2) is 10.8. The molecule has 0 radical (unpaired) electrons. The van der Waals surface area contributed by atoms with Crippen molar-refractivity contribution in [3.05, 3.63) is 99.5 Å². The summed E-state index contributed by atoms with van der Waals surface area (Å²) < 4.78 is 0. The number of aliphatic imine (C=N–C) groups is 1. The van der Waals surface area contributed by atoms with Crippen LogP contribution in [-0.4, -0.2) is 37.5 Å². The van der Waals surface area contributed by atoms with E-state index in [9.17, 15) is 4.79 Å². The van der Waals surface area contributed by atoms with E-state index in [2.05, 4.69) is 10.6 Å². The number of hydrogen-bond acceptors (Lipinski definition) is 5. The lowest BCUT2D eigenvalue weighted by Gasteiger charge is -2.44. The van der Waals surface area contributed by atoms with Crippen molar-refractivity contribution in [1.29, 1.82) is 0 Å². The topological polar surface area (TPSA) is 66.0 Å². The zero-order valence-corrected chi connectivity index (χ0v) is 21.3. The van der Waals surface area contributed by atoms with E-state index in [-0.39, 0.29) is 11.8 Å². The second-order valence-corrected chi connectivity index (χ2v) is 9.25. The molecule has 0 saturated carbocycles. The van der Waals surface area contributed by atoms with Crippen LogP contribution < -0.4 is 10.6 Å². The highest BCUT2D eigenvalue weighted by atomic mass is 35.5. The minimum Gasteiger partial charge on any atom is -0.346 e. The SMILES string of the molecule is CC[C@H](N[C@@]1(C(c2ccc(Cl)cc2)c2ccc(Cl)cc2)N=CNc2ccccc21)C(=O)N(C)OC. The predicted molar refractivity (Wildman–Crippen MR) is 142 cm³/mol. The Morgan fingerprint density at radius 1 is 1.03 bits per heavy atom. The highest BCUT2D eigenvalue weighted by Gasteiger charge is 2.47. The average Bonchev–Trinajstić information content (AvgIpc) is 2.89. The summed E-state index contributed by atoms with van der Waals surface area (Å²) >= 11 is 12.5. The number of hydrogen-bond donors (Lipinski definition) is 2. The second-order valence-electron chi connectivity index (χ2n) is 8.37. The summed E-state index contributed by atoms with van der Waals surface area (Å²) in [5, 5.41) is 9.42. The van der Waals surface area contributed by atoms with Gasteiger partial charge in [0.25, 0.3) is 5.91 Å². The van der Waals surface area contributed by atoms with Gasteiger partial charge in [-0.15, -0.1) is 0 Å². The molecule has 0 fully saturated rings. The molecule has 0 unspecified atom stereocenters. The van der Waals surface area contributed by atoms with E-state index in [1.54, 1.807) is 13.4 Å². The molecule has 0 saturated heterocycles. The van der Waals surface area contributed by atoms with Gasteiger partial charge in [-0.3, -0.25) is 14.9 Å². The quantitative estimate of drug-likeness (QED) is 0.374. The third-order valence-electron chi connectivity index (χ3n) is 6.34. The van der Waals surface area contributed by atoms with E-state index in [4.69, 9.17) is 33.0 Å². The number of hydroxylamine groups is 2. The van der Waals surface area contributed by atoms with E-state index >= 15 is 0 Å². The summed E-state index contributed by atoms with van der Waals surface area (Å²) in [5.41, 5.74) is 2.78. The van der Waals surface area contributed by atoms with Crippen molar-refractivity contribution in [3.63, 3.8) is 0 Å². The van der Waals surface area contributed by atoms with Gasteiger partial charge in [-0.2, -0.15) is 0 Å². The van der Waals surface area contributed by atoms with E-state index < -0.39 is 11.7 Å². The maximum Gasteiger partial charge on any atom is 0.263 e. The number of fused-ring (bicyclic) bond motifs is 1. The van der Waals surface area contributed by atoms with Crippen LogP contribution in [0.1, 0.15) is 36.0 Å². The van der Waals surface area contributed by atoms with Crippen molar-refractivity contribution >= 4 is 41.1 Å². The van der Waals surface area contributed by atoms with Crippen LogP contribution in [0.15, 0.2) is 77.8 Å². The van der Waals surface area contributed by atoms with Gasteiger partial charge in [-0.25, -0.2) is 10.1 Å². The van der Waals surface area contributed by atoms with E-state index in [0.29, 0.717) is 16.5 Å². The molecule has 0 spiro atoms. The van der Waals surface area contributed by atoms with Gasteiger partial charge in [0, 0.05) is 28.3 Å². The zero-order valence-electron chi connectivity index (χ0n) is 19.8. The molecule has 6 nitrogen and oxygen atoms in total. The Balaban J connectivity index is 1.97. The number of likely N-dealkylation sites (N-methyl/N-ethyl adjacent to an activating group) is 1. The van der Waals surface area contributed by atoms with Crippen molar-refractivity contribution in [3.8, 4) is 0 Å². The number of rotatable bonds is 8. The Bertz CT molecular complexity index is 1160. The van der Waals surface area contributed by atoms with Crippen molar-refractivity contribution in [2.45, 2.75) is 31.0 Å². The molecule has 4 rings (SSSR count). The molecule has 3 aromatic carbocycles. The highest BCUT2D eigenvalue weighted by Crippen LogP contribution is 2.47. The maximum absolute atomic E-state index is 13.3. The molecule has 0 bridgehead atoms. The van der Waals surface area contributed by atoms with Gasteiger partial charge in [0.1, 0.15) is 0 Å². The number of nitrogens with zero attached hydrogens (tertiary/aromatic N) is 2. The Kier molecular flexibility index (Phi) is 7.77. The van der Waals surface area contributed by atoms with Gasteiger partial charge >= 0.3 is 0 Å². The number of para-hydroxylation sites is 1. The predicted octanol–water partition coefficient (Wildman–Crippen LogP) is 5.82. The van der Waals surface area contributed by atoms with E-state index in [0.717, 1.165) is 22.4 Å². The minimum absolute atomic E-state index is 0.188. The fourth-order valence-electron chi connectivity index (χ4n) is 4.54. The van der Waals surface area contributed by atoms with E-state index in [1.807, 2.05) is 79.7 Å². The molecule has 182 valence electrons. The molecular weight excluding hydrogens is 483 g/mol. The summed E-state index contributed by atoms with van der Waals surface area (Å²) in [6.45, 7) is 1.96. The molecule has 3 aromatic rings. The first-order valence-electron chi connectivity index (χ1n) is 11.4. The largest absolute Gasteiger partial charge is 0.346 e. The number of benzene rings is 3. The summed E-state index contributed by atoms with van der Waals surface area (Å²) in [7, 11) is 3.08. The summed E-state index contributed by atoms with van der Waals surface area (Å²) in [5.74, 6) is -0.502. The molecule has 35 heavy (non-hydrogen) atoms. The van der Waals surface area contributed by atoms with Crippen LogP contribution in [0.2, 0.25) is 10.0 Å². The van der Waals surface area contributed by atoms with Crippen LogP contribution in [-0.2, 0) is 15.3 Å². The van der Waals surface area contributed by atoms with Crippen LogP contribution in [0.3, 0.4) is 0 Å². The third-order valence-corrected chi connectivity index (χ3v) is 6.84. The minimum atomic E-state index is -1.02. The molecule has 2 atom stereocenters. The van der Waals surface area contributed by atoms with Gasteiger partial charge < -0.3 is 5.32 Å². The lowest BCUT2D eigenvalue weighted by molar-refractivity contribution is -0.171. The van der Waals surface area contributed by atoms with Crippen molar-refractivity contribution in [1.82, 2.24) is 10.4 Å². The Morgan fingerprint density at radius 3 is 2.14 bits per heavy atom. The highest BCUT2D eigenvalue weighted by molar-refractivity contribution is 6.30. The van der Waals surface area contributed by atoms with Crippen LogP contribution in [0.25, 0.3) is 0 Å². The monoisotopic (exact) mass is 510 g/mol. The number of amides is 1. The molecule has 2 N–H and O–H groups in total. The van der Waals surface area contributed by atoms with Crippen molar-refractivity contribution < 1.29 is 9.63 Å². The summed E-state index contributed by atoms with van der Waals surface area (Å²) in [4.78, 5) is 23.5. The normalized spacial score (nSPS) is 17.5. The van der Waals surface area contributed by atoms with Crippen molar-refractivity contribution in [2.75, 3.05) is 19.5 Å². The number of anilines is 1. The first kappa shape index (κ1) is 25.2. The number of carbonyl (C=O) groups is 1. The number of carbonyl (C=O) groups excluding carboxylic acids is 1. The standard InChI is InChI=1S/C27H28Cl2N4O2/c1-4-23(26(34)33(2)35-3)32-27(22-7-5-6-8-24(22)30-17-31-27)25(18-9-13-20(28)14-10-18)19-11-15-21(29)16-12-19/h5-17,23,25,32H,4H2,1-3H3,(H,30,31)/t23-,27-/m0/s1. The fourth-order valence-corrected chi connectivity index (χ4v) is 4.79. The number of nitrogens with one attached hydrogen (secondary N) is 2. The molecule has 0 aromatic heterocycles. The van der Waals surface area contributed by atoms with Gasteiger partial charge in [0.05, 0.1) is 25.4 Å². The van der Waals surface area contributed by atoms with Gasteiger partial charge in [0.2, 0.25) is 0 Å². The molecule has 8 heteroatoms. The van der Waals surface area contributed by atoms with Crippen LogP contribution in [0.4, 0.5) is 5.69 Å². The van der Waals surface area contributed by atoms with Crippen LogP contribution in [0, 0.1) is 0 Å². The Labute approximate surface area is 215 Å². The molecule has 1 amide bonds. The zero-order chi connectivity index (χ0) is 25.0. The smallest absolute Gasteiger partial charge is 0.263 e. The van der Waals surface area contributed by atoms with Crippen molar-refractivity contribution in [2.24, 2.45) is 4.99 Å². The lowest BCUT2D eigenvalue weighted by atomic mass is 9.75. The first-order valence-corrected chi connectivity index (χ1v) is 12.1. The Morgan fingerprint density at radius 2 is 1.60 bits per heavy atom. The average molecular weight is 511 g/mol. The summed E-state index contributed by atoms with van der Waals surface area (Å²) in [6.07, 6.45) is 2.22. The Hall–Kier alpha value is -2.90. The van der Waals surface area contributed by atoms with Gasteiger partial charge in [-0.05, 0) is 47.9 Å². The number of halogens is 2. The molecule has 1 aliphatic heterocycles. The molecule has 0 aliphatic carbocycles. The third kappa shape index (κ3) is 5.07. The fraction of sp³-hybridized carbons (Fsp3) is 0.259. The van der Waals surface area contributed by atoms with E-state index in [1.165, 1.54) is 12.2 Å². The molecule has 1 heterocycles. The van der Waals surface area contributed by atoms with Crippen LogP contribution in [0.5, 0.6) is 0 Å². The van der Waals surface area contributed by atoms with Crippen LogP contribution >= 0.6 is 23.2 Å². The van der Waals surface area contributed by atoms with Gasteiger partial charge in [0.15, 0.2) is 5.66 Å². The lowest BCUT2D eigenvalue weighted by Crippen LogP contribution is -2.56. The summed E-state index contributed by atoms with van der Waals surface area (Å²) in [6, 6.07) is 22.9. The van der Waals surface area contributed by atoms with Gasteiger partial charge in [-0.1, -0.05) is 72.6 Å². The maximum atomic E-state index is 13.3. The molecular formula is C27H28Cl2N4O2.